The van der Waals surface area contributed by atoms with Gasteiger partial charge in [-0.05, 0) is 12.2 Å². The van der Waals surface area contributed by atoms with Gasteiger partial charge >= 0.3 is 0 Å². The fourth-order valence-corrected chi connectivity index (χ4v) is 0.748. The normalized spacial score (nSPS) is 29.4. The van der Waals surface area contributed by atoms with E-state index in [0.717, 1.165) is 0 Å². The average Bonchev–Trinajstić information content (AvgIpc) is 1.90. The number of alkyl halides is 1. The molecule has 3 nitrogen and oxygen atoms in total. The third-order valence-corrected chi connectivity index (χ3v) is 1.43. The summed E-state index contributed by atoms with van der Waals surface area (Å²) >= 11 is 3.22. The van der Waals surface area contributed by atoms with E-state index in [1.54, 1.807) is 12.2 Å². The molecule has 0 aromatic rings. The van der Waals surface area contributed by atoms with Gasteiger partial charge in [0.2, 0.25) is 0 Å². The summed E-state index contributed by atoms with van der Waals surface area (Å²) in [5.74, 6) is 0. The lowest BCUT2D eigenvalue weighted by Crippen LogP contribution is -2.04. The van der Waals surface area contributed by atoms with Gasteiger partial charge in [0.15, 0.2) is 0 Å². The summed E-state index contributed by atoms with van der Waals surface area (Å²) in [5.41, 5.74) is 0.478. The molecule has 48 valence electrons. The first-order chi connectivity index (χ1) is 4.33. The zero-order valence-corrected chi connectivity index (χ0v) is 6.12. The van der Waals surface area contributed by atoms with Gasteiger partial charge in [-0.25, -0.2) is 0 Å². The van der Waals surface area contributed by atoms with Crippen molar-refractivity contribution in [2.24, 2.45) is 10.1 Å². The quantitative estimate of drug-likeness (QED) is 0.264. The molecule has 0 amide bonds. The van der Waals surface area contributed by atoms with E-state index in [4.69, 9.17) is 5.21 Å². The lowest BCUT2D eigenvalue weighted by Gasteiger charge is -2.00. The van der Waals surface area contributed by atoms with Crippen molar-refractivity contribution in [3.8, 4) is 0 Å². The molecule has 1 aliphatic heterocycles. The molecule has 0 aliphatic carbocycles. The summed E-state index contributed by atoms with van der Waals surface area (Å²) in [6.45, 7) is 0. The highest BCUT2D eigenvalue weighted by Gasteiger charge is 2.00. The minimum Gasteiger partial charge on any atom is -0.410 e. The topological polar surface area (TPSA) is 45.0 Å². The Morgan fingerprint density at radius 3 is 3.00 bits per heavy atom. The minimum atomic E-state index is 0.0306. The number of nitrogens with zero attached hydrogens (tertiary/aromatic N) is 2. The first-order valence-corrected chi connectivity index (χ1v) is 3.32. The Hall–Kier alpha value is -0.640. The number of hydrogen-bond donors (Lipinski definition) is 1. The Bertz CT molecular complexity index is 169. The molecular formula is C5H5BrN2O. The van der Waals surface area contributed by atoms with E-state index in [2.05, 4.69) is 26.1 Å². The van der Waals surface area contributed by atoms with Gasteiger partial charge in [0, 0.05) is 0 Å². The van der Waals surface area contributed by atoms with Crippen LogP contribution in [-0.4, -0.2) is 22.1 Å². The molecule has 1 atom stereocenters. The van der Waals surface area contributed by atoms with E-state index in [1.807, 2.05) is 0 Å². The highest BCUT2D eigenvalue weighted by Crippen LogP contribution is 2.05. The molecule has 9 heavy (non-hydrogen) atoms. The van der Waals surface area contributed by atoms with Crippen LogP contribution in [0.5, 0.6) is 0 Å². The molecule has 1 N–H and O–H groups in total. The van der Waals surface area contributed by atoms with Crippen molar-refractivity contribution in [1.29, 1.82) is 0 Å². The number of allylic oxidation sites excluding steroid dienone is 1. The van der Waals surface area contributed by atoms with Crippen molar-refractivity contribution in [3.05, 3.63) is 12.2 Å². The third kappa shape index (κ3) is 1.64. The third-order valence-electron chi connectivity index (χ3n) is 0.890. The van der Waals surface area contributed by atoms with Crippen molar-refractivity contribution in [2.75, 3.05) is 0 Å². The molecule has 4 heteroatoms. The largest absolute Gasteiger partial charge is 0.410 e. The Morgan fingerprint density at radius 1 is 1.78 bits per heavy atom. The van der Waals surface area contributed by atoms with Gasteiger partial charge in [0.1, 0.15) is 10.7 Å². The summed E-state index contributed by atoms with van der Waals surface area (Å²) in [5, 5.41) is 11.1. The van der Waals surface area contributed by atoms with Crippen LogP contribution in [0.25, 0.3) is 0 Å². The van der Waals surface area contributed by atoms with Gasteiger partial charge < -0.3 is 5.21 Å². The lowest BCUT2D eigenvalue weighted by molar-refractivity contribution is 0.320. The summed E-state index contributed by atoms with van der Waals surface area (Å²) in [6.07, 6.45) is 4.97. The van der Waals surface area contributed by atoms with Crippen molar-refractivity contribution in [1.82, 2.24) is 0 Å². The Balaban J connectivity index is 2.70. The van der Waals surface area contributed by atoms with Gasteiger partial charge in [0.25, 0.3) is 0 Å². The van der Waals surface area contributed by atoms with E-state index >= 15 is 0 Å². The molecule has 0 saturated carbocycles. The molecule has 1 heterocycles. The van der Waals surface area contributed by atoms with E-state index < -0.39 is 0 Å². The van der Waals surface area contributed by atoms with Gasteiger partial charge in [0.05, 0.1) is 6.21 Å². The maximum absolute atomic E-state index is 8.21. The Kier molecular flexibility index (Phi) is 2.00. The van der Waals surface area contributed by atoms with Crippen molar-refractivity contribution in [2.45, 2.75) is 4.95 Å². The first-order valence-electron chi connectivity index (χ1n) is 2.40. The van der Waals surface area contributed by atoms with Crippen LogP contribution in [0.2, 0.25) is 0 Å². The van der Waals surface area contributed by atoms with Gasteiger partial charge in [-0.3, -0.25) is 4.99 Å². The fourth-order valence-electron chi connectivity index (χ4n) is 0.477. The lowest BCUT2D eigenvalue weighted by atomic mass is 10.3. The van der Waals surface area contributed by atoms with Crippen LogP contribution in [0.15, 0.2) is 22.3 Å². The molecule has 0 spiro atoms. The van der Waals surface area contributed by atoms with Crippen molar-refractivity contribution >= 4 is 27.9 Å². The van der Waals surface area contributed by atoms with Crippen LogP contribution in [0.3, 0.4) is 0 Å². The van der Waals surface area contributed by atoms with Gasteiger partial charge in [-0.1, -0.05) is 21.1 Å². The van der Waals surface area contributed by atoms with E-state index in [1.165, 1.54) is 6.21 Å². The Morgan fingerprint density at radius 2 is 2.56 bits per heavy atom. The van der Waals surface area contributed by atoms with Crippen molar-refractivity contribution in [3.63, 3.8) is 0 Å². The molecule has 0 radical (unpaired) electrons. The van der Waals surface area contributed by atoms with Crippen LogP contribution in [0.4, 0.5) is 0 Å². The highest BCUT2D eigenvalue weighted by atomic mass is 79.9. The number of hydrogen-bond acceptors (Lipinski definition) is 3. The number of dihydropyridines is 1. The maximum Gasteiger partial charge on any atom is 0.123 e. The highest BCUT2D eigenvalue weighted by molar-refractivity contribution is 9.09. The molecule has 0 fully saturated rings. The zero-order valence-electron chi connectivity index (χ0n) is 4.53. The fraction of sp³-hybridized carbons (Fsp3) is 0.200. The van der Waals surface area contributed by atoms with Gasteiger partial charge in [-0.2, -0.15) is 0 Å². The SMILES string of the molecule is ON=C1C=CC(Br)N=C1. The van der Waals surface area contributed by atoms with E-state index in [-0.39, 0.29) is 4.95 Å². The second-order valence-corrected chi connectivity index (χ2v) is 2.47. The zero-order chi connectivity index (χ0) is 6.69. The van der Waals surface area contributed by atoms with Gasteiger partial charge in [-0.15, -0.1) is 0 Å². The molecule has 0 bridgehead atoms. The number of aliphatic imine (C=N–C) groups is 1. The number of oxime groups is 1. The predicted octanol–water partition coefficient (Wildman–Crippen LogP) is 1.18. The summed E-state index contributed by atoms with van der Waals surface area (Å²) < 4.78 is 0. The number of rotatable bonds is 0. The molecular weight excluding hydrogens is 184 g/mol. The smallest absolute Gasteiger partial charge is 0.123 e. The Labute approximate surface area is 60.9 Å². The minimum absolute atomic E-state index is 0.0306. The standard InChI is InChI=1S/C5H5BrN2O/c6-5-2-1-4(8-9)3-7-5/h1-3,5,9H. The summed E-state index contributed by atoms with van der Waals surface area (Å²) in [7, 11) is 0. The maximum atomic E-state index is 8.21. The van der Waals surface area contributed by atoms with Crippen LogP contribution < -0.4 is 0 Å². The van der Waals surface area contributed by atoms with Crippen LogP contribution in [-0.2, 0) is 0 Å². The summed E-state index contributed by atoms with van der Waals surface area (Å²) in [4.78, 5) is 3.93. The molecule has 1 unspecified atom stereocenters. The van der Waals surface area contributed by atoms with Crippen LogP contribution >= 0.6 is 15.9 Å². The molecule has 1 aliphatic rings. The first kappa shape index (κ1) is 6.48. The molecule has 1 rings (SSSR count). The second-order valence-electron chi connectivity index (χ2n) is 1.53. The van der Waals surface area contributed by atoms with Crippen molar-refractivity contribution < 1.29 is 5.21 Å². The molecule has 0 saturated heterocycles. The summed E-state index contributed by atoms with van der Waals surface area (Å²) in [6, 6.07) is 0. The predicted molar refractivity (Wildman–Crippen MR) is 39.6 cm³/mol. The second kappa shape index (κ2) is 2.77. The molecule has 0 aromatic carbocycles. The van der Waals surface area contributed by atoms with Crippen LogP contribution in [0, 0.1) is 0 Å². The molecule has 0 aromatic heterocycles. The number of halogens is 1. The van der Waals surface area contributed by atoms with E-state index in [9.17, 15) is 0 Å². The van der Waals surface area contributed by atoms with E-state index in [0.29, 0.717) is 5.71 Å². The monoisotopic (exact) mass is 188 g/mol. The average molecular weight is 189 g/mol. The van der Waals surface area contributed by atoms with Crippen LogP contribution in [0.1, 0.15) is 0 Å².